The summed E-state index contributed by atoms with van der Waals surface area (Å²) in [5.41, 5.74) is 1.41. The second-order valence-corrected chi connectivity index (χ2v) is 11.0. The Balaban J connectivity index is 2.70. The largest absolute Gasteiger partial charge is 0.493 e. The second kappa shape index (κ2) is 9.81. The molecule has 2 aromatic rings. The molecule has 0 spiro atoms. The van der Waals surface area contributed by atoms with Gasteiger partial charge in [-0.3, -0.25) is 4.72 Å². The lowest BCUT2D eigenvalue weighted by atomic mass is 10.1. The molecule has 0 unspecified atom stereocenters. The van der Waals surface area contributed by atoms with Crippen LogP contribution in [0.15, 0.2) is 40.1 Å². The molecule has 33 heavy (non-hydrogen) atoms. The molecule has 2 N–H and O–H groups in total. The van der Waals surface area contributed by atoms with Gasteiger partial charge in [-0.05, 0) is 60.9 Å². The molecule has 2 aromatic carbocycles. The summed E-state index contributed by atoms with van der Waals surface area (Å²) in [4.78, 5) is 10.5. The number of aryl methyl sites for hydroxylation is 1. The number of carbonyl (C=O) groups is 1. The molecule has 0 saturated heterocycles. The van der Waals surface area contributed by atoms with Gasteiger partial charge < -0.3 is 14.6 Å². The fourth-order valence-corrected chi connectivity index (χ4v) is 5.25. The highest BCUT2D eigenvalue weighted by Gasteiger charge is 2.26. The Morgan fingerprint density at radius 1 is 1.03 bits per heavy atom. The number of hydrogen-bond acceptors (Lipinski definition) is 7. The normalized spacial score (nSPS) is 12.2. The predicted molar refractivity (Wildman–Crippen MR) is 124 cm³/mol. The summed E-state index contributed by atoms with van der Waals surface area (Å²) in [6.45, 7) is 3.33. The average Bonchev–Trinajstić information content (AvgIpc) is 2.73. The average molecular weight is 499 g/mol. The molecule has 180 valence electrons. The van der Waals surface area contributed by atoms with E-state index in [1.807, 2.05) is 0 Å². The molecule has 10 nitrogen and oxygen atoms in total. The van der Waals surface area contributed by atoms with E-state index in [-0.39, 0.29) is 32.5 Å². The van der Waals surface area contributed by atoms with E-state index < -0.39 is 26.0 Å². The van der Waals surface area contributed by atoms with E-state index in [1.54, 1.807) is 13.8 Å². The Bertz CT molecular complexity index is 1310. The standard InChI is InChI=1S/C21H26N2O8S2/c1-13-9-16(33(28,29)23(3)4)12-17(14(13)2)22-32(26,27)19-11-15(7-8-20(24)25)10-18(30-5)21(19)31-6/h7-12,22H,1-6H3,(H,24,25)/b8-7+. The van der Waals surface area contributed by atoms with Crippen molar-refractivity contribution in [3.05, 3.63) is 47.0 Å². The molecule has 0 aliphatic heterocycles. The van der Waals surface area contributed by atoms with Gasteiger partial charge in [0.25, 0.3) is 10.0 Å². The Morgan fingerprint density at radius 2 is 1.67 bits per heavy atom. The minimum absolute atomic E-state index is 0.0715. The third-order valence-corrected chi connectivity index (χ3v) is 8.00. The molecule has 0 fully saturated rings. The van der Waals surface area contributed by atoms with E-state index in [1.165, 1.54) is 58.7 Å². The summed E-state index contributed by atoms with van der Waals surface area (Å²) >= 11 is 0. The highest BCUT2D eigenvalue weighted by atomic mass is 32.2. The van der Waals surface area contributed by atoms with Crippen LogP contribution in [-0.4, -0.2) is 60.5 Å². The van der Waals surface area contributed by atoms with Gasteiger partial charge in [0.1, 0.15) is 4.90 Å². The quantitative estimate of drug-likeness (QED) is 0.503. The van der Waals surface area contributed by atoms with Crippen LogP contribution in [0.5, 0.6) is 11.5 Å². The van der Waals surface area contributed by atoms with E-state index in [2.05, 4.69) is 4.72 Å². The molecule has 2 rings (SSSR count). The van der Waals surface area contributed by atoms with Crippen LogP contribution < -0.4 is 14.2 Å². The SMILES string of the molecule is COc1cc(/C=C/C(=O)O)cc(S(=O)(=O)Nc2cc(S(=O)(=O)N(C)C)cc(C)c2C)c1OC. The van der Waals surface area contributed by atoms with Gasteiger partial charge in [-0.2, -0.15) is 0 Å². The Morgan fingerprint density at radius 3 is 2.18 bits per heavy atom. The molecule has 0 heterocycles. The van der Waals surface area contributed by atoms with E-state index in [4.69, 9.17) is 14.6 Å². The summed E-state index contributed by atoms with van der Waals surface area (Å²) in [6, 6.07) is 5.36. The van der Waals surface area contributed by atoms with Gasteiger partial charge in [0.2, 0.25) is 10.0 Å². The fourth-order valence-electron chi connectivity index (χ4n) is 2.90. The molecule has 12 heteroatoms. The summed E-state index contributed by atoms with van der Waals surface area (Å²) in [7, 11) is -2.80. The van der Waals surface area contributed by atoms with E-state index in [0.29, 0.717) is 11.1 Å². The van der Waals surface area contributed by atoms with E-state index in [9.17, 15) is 21.6 Å². The predicted octanol–water partition coefficient (Wildman–Crippen LogP) is 2.47. The zero-order chi connectivity index (χ0) is 25.1. The van der Waals surface area contributed by atoms with Crippen molar-refractivity contribution in [2.24, 2.45) is 0 Å². The van der Waals surface area contributed by atoms with Crippen LogP contribution in [0.2, 0.25) is 0 Å². The summed E-state index contributed by atoms with van der Waals surface area (Å²) in [6.07, 6.45) is 2.07. The number of nitrogens with one attached hydrogen (secondary N) is 1. The van der Waals surface area contributed by atoms with Crippen molar-refractivity contribution < 1.29 is 36.2 Å². The van der Waals surface area contributed by atoms with Crippen molar-refractivity contribution in [2.75, 3.05) is 33.0 Å². The van der Waals surface area contributed by atoms with Crippen LogP contribution in [0, 0.1) is 13.8 Å². The Kier molecular flexibility index (Phi) is 7.78. The number of methoxy groups -OCH3 is 2. The summed E-state index contributed by atoms with van der Waals surface area (Å²) in [5, 5.41) is 8.89. The number of sulfonamides is 2. The lowest BCUT2D eigenvalue weighted by Crippen LogP contribution is -2.23. The first-order chi connectivity index (χ1) is 15.2. The Hall–Kier alpha value is -3.09. The van der Waals surface area contributed by atoms with Crippen LogP contribution in [0.3, 0.4) is 0 Å². The van der Waals surface area contributed by atoms with Gasteiger partial charge in [-0.15, -0.1) is 0 Å². The first-order valence-electron chi connectivity index (χ1n) is 9.48. The van der Waals surface area contributed by atoms with E-state index >= 15 is 0 Å². The van der Waals surface area contributed by atoms with Crippen molar-refractivity contribution >= 4 is 37.8 Å². The maximum absolute atomic E-state index is 13.4. The van der Waals surface area contributed by atoms with Crippen LogP contribution in [0.25, 0.3) is 6.08 Å². The number of benzene rings is 2. The van der Waals surface area contributed by atoms with Crippen molar-refractivity contribution in [1.82, 2.24) is 4.31 Å². The van der Waals surface area contributed by atoms with E-state index in [0.717, 1.165) is 10.4 Å². The van der Waals surface area contributed by atoms with Gasteiger partial charge >= 0.3 is 5.97 Å². The third kappa shape index (κ3) is 5.64. The first kappa shape index (κ1) is 26.2. The fraction of sp³-hybridized carbons (Fsp3) is 0.286. The number of rotatable bonds is 9. The molecule has 0 aliphatic rings. The van der Waals surface area contributed by atoms with Gasteiger partial charge in [0.15, 0.2) is 11.5 Å². The number of nitrogens with zero attached hydrogens (tertiary/aromatic N) is 1. The summed E-state index contributed by atoms with van der Waals surface area (Å²) in [5.74, 6) is -1.23. The van der Waals surface area contributed by atoms with Crippen molar-refractivity contribution in [2.45, 2.75) is 23.6 Å². The van der Waals surface area contributed by atoms with Crippen molar-refractivity contribution in [1.29, 1.82) is 0 Å². The van der Waals surface area contributed by atoms with Crippen molar-refractivity contribution in [3.63, 3.8) is 0 Å². The molecular weight excluding hydrogens is 472 g/mol. The van der Waals surface area contributed by atoms with Gasteiger partial charge in [-0.25, -0.2) is 25.9 Å². The zero-order valence-electron chi connectivity index (χ0n) is 19.0. The van der Waals surface area contributed by atoms with Crippen LogP contribution in [0.1, 0.15) is 16.7 Å². The second-order valence-electron chi connectivity index (χ2n) is 7.23. The van der Waals surface area contributed by atoms with Crippen LogP contribution >= 0.6 is 0 Å². The molecule has 0 atom stereocenters. The third-order valence-electron chi connectivity index (χ3n) is 4.84. The van der Waals surface area contributed by atoms with Gasteiger partial charge in [0, 0.05) is 20.2 Å². The Labute approximate surface area is 193 Å². The maximum Gasteiger partial charge on any atom is 0.328 e. The van der Waals surface area contributed by atoms with Crippen molar-refractivity contribution in [3.8, 4) is 11.5 Å². The molecule has 0 amide bonds. The number of ether oxygens (including phenoxy) is 2. The molecule has 0 radical (unpaired) electrons. The highest BCUT2D eigenvalue weighted by molar-refractivity contribution is 7.93. The molecule has 0 aromatic heterocycles. The monoisotopic (exact) mass is 498 g/mol. The minimum atomic E-state index is -4.32. The molecule has 0 aliphatic carbocycles. The molecule has 0 saturated carbocycles. The maximum atomic E-state index is 13.4. The van der Waals surface area contributed by atoms with Crippen LogP contribution in [0.4, 0.5) is 5.69 Å². The number of carboxylic acid groups (broad SMARTS) is 1. The van der Waals surface area contributed by atoms with Gasteiger partial charge in [-0.1, -0.05) is 0 Å². The molecule has 0 bridgehead atoms. The number of aliphatic carboxylic acids is 1. The number of carboxylic acids is 1. The summed E-state index contributed by atoms with van der Waals surface area (Å²) < 4.78 is 65.8. The van der Waals surface area contributed by atoms with Gasteiger partial charge in [0.05, 0.1) is 24.8 Å². The lowest BCUT2D eigenvalue weighted by Gasteiger charge is -2.19. The highest BCUT2D eigenvalue weighted by Crippen LogP contribution is 2.37. The zero-order valence-corrected chi connectivity index (χ0v) is 20.7. The first-order valence-corrected chi connectivity index (χ1v) is 12.4. The molecular formula is C21H26N2O8S2. The smallest absolute Gasteiger partial charge is 0.328 e. The topological polar surface area (TPSA) is 139 Å². The number of hydrogen-bond donors (Lipinski definition) is 2. The van der Waals surface area contributed by atoms with Crippen LogP contribution in [-0.2, 0) is 24.8 Å². The lowest BCUT2D eigenvalue weighted by molar-refractivity contribution is -0.131. The number of anilines is 1. The minimum Gasteiger partial charge on any atom is -0.493 e.